The molecule has 1 aliphatic carbocycles. The number of hydrogen-bond donors (Lipinski definition) is 1. The third-order valence-electron chi connectivity index (χ3n) is 6.20. The van der Waals surface area contributed by atoms with Gasteiger partial charge in [-0.15, -0.1) is 0 Å². The molecule has 182 valence electrons. The zero-order valence-corrected chi connectivity index (χ0v) is 20.4. The third kappa shape index (κ3) is 6.11. The first-order chi connectivity index (χ1) is 17.2. The molecule has 35 heavy (non-hydrogen) atoms. The van der Waals surface area contributed by atoms with Crippen molar-refractivity contribution in [2.45, 2.75) is 32.2 Å². The van der Waals surface area contributed by atoms with E-state index in [1.54, 1.807) is 0 Å². The Morgan fingerprint density at radius 3 is 2.26 bits per heavy atom. The number of amides is 1. The van der Waals surface area contributed by atoms with Crippen LogP contribution in [0.15, 0.2) is 78.9 Å². The van der Waals surface area contributed by atoms with Gasteiger partial charge in [-0.05, 0) is 41.7 Å². The Morgan fingerprint density at radius 1 is 0.914 bits per heavy atom. The van der Waals surface area contributed by atoms with E-state index in [9.17, 15) is 4.79 Å². The van der Waals surface area contributed by atoms with Gasteiger partial charge in [0.2, 0.25) is 0 Å². The first kappa shape index (κ1) is 24.6. The van der Waals surface area contributed by atoms with E-state index in [-0.39, 0.29) is 12.0 Å². The monoisotopic (exact) mass is 471 g/mol. The van der Waals surface area contributed by atoms with Crippen LogP contribution in [0.25, 0.3) is 17.2 Å². The Kier molecular flexibility index (Phi) is 8.58. The second-order valence-corrected chi connectivity index (χ2v) is 8.43. The summed E-state index contributed by atoms with van der Waals surface area (Å²) < 4.78 is 16.9. The standard InChI is InChI=1S/C30H33NO4/c1-3-23(18-17-22-11-5-10-16-29(22)34-20-19-33-4-2)31-30(32)35-21-28-26-14-8-6-12-24(26)25-13-7-9-15-27(25)28/h5-18,23,28H,3-4,19-21H2,1-2H3,(H,31,32)/b18-17+/t23-/m1/s1. The minimum absolute atomic E-state index is 0.0458. The predicted octanol–water partition coefficient (Wildman–Crippen LogP) is 6.43. The number of alkyl carbamates (subject to hydrolysis) is 1. The fourth-order valence-electron chi connectivity index (χ4n) is 4.40. The van der Waals surface area contributed by atoms with E-state index >= 15 is 0 Å². The number of carbonyl (C=O) groups excluding carboxylic acids is 1. The van der Waals surface area contributed by atoms with E-state index in [2.05, 4.69) is 29.6 Å². The van der Waals surface area contributed by atoms with E-state index in [1.165, 1.54) is 22.3 Å². The van der Waals surface area contributed by atoms with Crippen LogP contribution < -0.4 is 10.1 Å². The number of carbonyl (C=O) groups is 1. The number of para-hydroxylation sites is 1. The van der Waals surface area contributed by atoms with E-state index in [0.29, 0.717) is 26.4 Å². The molecule has 1 atom stereocenters. The number of ether oxygens (including phenoxy) is 3. The molecule has 3 aromatic carbocycles. The average Bonchev–Trinajstić information content (AvgIpc) is 3.22. The highest BCUT2D eigenvalue weighted by molar-refractivity contribution is 5.79. The lowest BCUT2D eigenvalue weighted by Crippen LogP contribution is -2.34. The van der Waals surface area contributed by atoms with Crippen LogP contribution in [-0.2, 0) is 9.47 Å². The molecule has 5 heteroatoms. The van der Waals surface area contributed by atoms with Crippen molar-refractivity contribution in [3.8, 4) is 16.9 Å². The molecule has 0 aliphatic heterocycles. The first-order valence-corrected chi connectivity index (χ1v) is 12.3. The van der Waals surface area contributed by atoms with Crippen molar-refractivity contribution in [3.05, 3.63) is 95.6 Å². The molecular weight excluding hydrogens is 438 g/mol. The zero-order valence-electron chi connectivity index (χ0n) is 20.4. The van der Waals surface area contributed by atoms with Crippen molar-refractivity contribution in [2.24, 2.45) is 0 Å². The average molecular weight is 472 g/mol. The van der Waals surface area contributed by atoms with Crippen LogP contribution in [0.4, 0.5) is 4.79 Å². The molecule has 0 heterocycles. The number of benzene rings is 3. The van der Waals surface area contributed by atoms with Crippen LogP contribution >= 0.6 is 0 Å². The van der Waals surface area contributed by atoms with Crippen LogP contribution in [0.3, 0.4) is 0 Å². The van der Waals surface area contributed by atoms with Gasteiger partial charge in [0.05, 0.1) is 12.6 Å². The van der Waals surface area contributed by atoms with Crippen LogP contribution in [0, 0.1) is 0 Å². The molecule has 1 amide bonds. The van der Waals surface area contributed by atoms with Gasteiger partial charge in [-0.1, -0.05) is 85.8 Å². The Labute approximate surface area is 207 Å². The maximum absolute atomic E-state index is 12.7. The molecule has 3 aromatic rings. The first-order valence-electron chi connectivity index (χ1n) is 12.3. The molecule has 1 N–H and O–H groups in total. The van der Waals surface area contributed by atoms with Gasteiger partial charge in [0, 0.05) is 18.1 Å². The highest BCUT2D eigenvalue weighted by Crippen LogP contribution is 2.44. The van der Waals surface area contributed by atoms with E-state index in [4.69, 9.17) is 14.2 Å². The summed E-state index contributed by atoms with van der Waals surface area (Å²) in [6.07, 6.45) is 4.29. The molecule has 0 saturated heterocycles. The molecule has 1 aliphatic rings. The lowest BCUT2D eigenvalue weighted by Gasteiger charge is -2.17. The third-order valence-corrected chi connectivity index (χ3v) is 6.20. The van der Waals surface area contributed by atoms with Gasteiger partial charge >= 0.3 is 6.09 Å². The van der Waals surface area contributed by atoms with Crippen LogP contribution in [0.5, 0.6) is 5.75 Å². The minimum atomic E-state index is -0.412. The molecule has 0 saturated carbocycles. The second kappa shape index (κ2) is 12.2. The summed E-state index contributed by atoms with van der Waals surface area (Å²) in [5.41, 5.74) is 5.79. The quantitative estimate of drug-likeness (QED) is 0.327. The van der Waals surface area contributed by atoms with Crippen molar-refractivity contribution < 1.29 is 19.0 Å². The highest BCUT2D eigenvalue weighted by Gasteiger charge is 2.29. The van der Waals surface area contributed by atoms with Gasteiger partial charge in [-0.3, -0.25) is 0 Å². The van der Waals surface area contributed by atoms with Crippen molar-refractivity contribution in [3.63, 3.8) is 0 Å². The van der Waals surface area contributed by atoms with Crippen LogP contribution in [0.1, 0.15) is 42.9 Å². The van der Waals surface area contributed by atoms with Gasteiger partial charge in [0.25, 0.3) is 0 Å². The maximum atomic E-state index is 12.7. The number of nitrogens with one attached hydrogen (secondary N) is 1. The molecule has 5 nitrogen and oxygen atoms in total. The Hall–Kier alpha value is -3.57. The van der Waals surface area contributed by atoms with Crippen LogP contribution in [0.2, 0.25) is 0 Å². The molecule has 0 bridgehead atoms. The predicted molar refractivity (Wildman–Crippen MR) is 140 cm³/mol. The van der Waals surface area contributed by atoms with E-state index < -0.39 is 6.09 Å². The topological polar surface area (TPSA) is 56.8 Å². The minimum Gasteiger partial charge on any atom is -0.491 e. The maximum Gasteiger partial charge on any atom is 0.407 e. The van der Waals surface area contributed by atoms with Crippen molar-refractivity contribution in [1.82, 2.24) is 5.32 Å². The van der Waals surface area contributed by atoms with Crippen molar-refractivity contribution in [2.75, 3.05) is 26.4 Å². The summed E-state index contributed by atoms with van der Waals surface area (Å²) in [7, 11) is 0. The summed E-state index contributed by atoms with van der Waals surface area (Å²) in [5, 5.41) is 2.98. The van der Waals surface area contributed by atoms with Gasteiger partial charge in [-0.2, -0.15) is 0 Å². The molecule has 0 unspecified atom stereocenters. The van der Waals surface area contributed by atoms with Gasteiger partial charge in [0.15, 0.2) is 0 Å². The summed E-state index contributed by atoms with van der Waals surface area (Å²) in [4.78, 5) is 12.7. The largest absolute Gasteiger partial charge is 0.491 e. The number of hydrogen-bond acceptors (Lipinski definition) is 4. The van der Waals surface area contributed by atoms with E-state index in [0.717, 1.165) is 17.7 Å². The SMILES string of the molecule is CCOCCOc1ccccc1/C=C/[C@@H](CC)NC(=O)OCC1c2ccccc2-c2ccccc21. The Balaban J connectivity index is 1.35. The highest BCUT2D eigenvalue weighted by atomic mass is 16.5. The molecule has 0 aromatic heterocycles. The summed E-state index contributed by atoms with van der Waals surface area (Å²) in [6.45, 7) is 6.01. The van der Waals surface area contributed by atoms with Gasteiger partial charge < -0.3 is 19.5 Å². The molecular formula is C30H33NO4. The van der Waals surface area contributed by atoms with Crippen LogP contribution in [-0.4, -0.2) is 38.6 Å². The molecule has 0 spiro atoms. The Morgan fingerprint density at radius 2 is 1.57 bits per heavy atom. The van der Waals surface area contributed by atoms with E-state index in [1.807, 2.05) is 74.5 Å². The molecule has 0 fully saturated rings. The summed E-state index contributed by atoms with van der Waals surface area (Å²) in [6, 6.07) is 24.4. The lowest BCUT2D eigenvalue weighted by molar-refractivity contribution is 0.110. The molecule has 4 rings (SSSR count). The van der Waals surface area contributed by atoms with Crippen molar-refractivity contribution >= 4 is 12.2 Å². The number of rotatable bonds is 11. The van der Waals surface area contributed by atoms with Crippen molar-refractivity contribution in [1.29, 1.82) is 0 Å². The fourth-order valence-corrected chi connectivity index (χ4v) is 4.40. The Bertz CT molecular complexity index is 1110. The molecule has 0 radical (unpaired) electrons. The summed E-state index contributed by atoms with van der Waals surface area (Å²) >= 11 is 0. The van der Waals surface area contributed by atoms with Gasteiger partial charge in [0.1, 0.15) is 19.0 Å². The zero-order chi connectivity index (χ0) is 24.5. The number of fused-ring (bicyclic) bond motifs is 3. The lowest BCUT2D eigenvalue weighted by atomic mass is 9.98. The normalized spacial score (nSPS) is 13.3. The second-order valence-electron chi connectivity index (χ2n) is 8.43. The van der Waals surface area contributed by atoms with Gasteiger partial charge in [-0.25, -0.2) is 4.79 Å². The smallest absolute Gasteiger partial charge is 0.407 e. The fraction of sp³-hybridized carbons (Fsp3) is 0.300. The summed E-state index contributed by atoms with van der Waals surface area (Å²) in [5.74, 6) is 0.837.